The van der Waals surface area contributed by atoms with E-state index in [0.29, 0.717) is 10.7 Å². The number of nitrogens with one attached hydrogen (secondary N) is 1. The van der Waals surface area contributed by atoms with Gasteiger partial charge in [-0.25, -0.2) is 4.98 Å². The molecule has 1 unspecified atom stereocenters. The van der Waals surface area contributed by atoms with Crippen molar-refractivity contribution in [3.05, 3.63) is 18.2 Å². The molecule has 0 radical (unpaired) electrons. The van der Waals surface area contributed by atoms with Crippen LogP contribution >= 0.6 is 11.8 Å². The Morgan fingerprint density at radius 2 is 2.50 bits per heavy atom. The molecule has 1 atom stereocenters. The molecule has 1 saturated heterocycles. The predicted molar refractivity (Wildman–Crippen MR) is 52.5 cm³/mol. The van der Waals surface area contributed by atoms with E-state index in [9.17, 15) is 0 Å². The van der Waals surface area contributed by atoms with Crippen molar-refractivity contribution >= 4 is 11.8 Å². The average molecular weight is 182 g/mol. The first-order chi connectivity index (χ1) is 5.70. The first-order valence-electron chi connectivity index (χ1n) is 4.32. The molecule has 1 N–H and O–H groups in total. The maximum Gasteiger partial charge on any atom is 0.0921 e. The van der Waals surface area contributed by atoms with Crippen LogP contribution in [0.3, 0.4) is 0 Å². The lowest BCUT2D eigenvalue weighted by Crippen LogP contribution is -2.20. The van der Waals surface area contributed by atoms with Crippen LogP contribution in [0.5, 0.6) is 0 Å². The van der Waals surface area contributed by atoms with Crippen LogP contribution in [-0.2, 0) is 0 Å². The number of H-pyrrole nitrogens is 1. The zero-order chi connectivity index (χ0) is 8.60. The van der Waals surface area contributed by atoms with Gasteiger partial charge in [-0.15, -0.1) is 0 Å². The zero-order valence-electron chi connectivity index (χ0n) is 7.50. The van der Waals surface area contributed by atoms with Crippen molar-refractivity contribution in [1.82, 2.24) is 9.97 Å². The van der Waals surface area contributed by atoms with Crippen molar-refractivity contribution in [3.63, 3.8) is 0 Å². The predicted octanol–water partition coefficient (Wildman–Crippen LogP) is 2.41. The first-order valence-corrected chi connectivity index (χ1v) is 5.31. The van der Waals surface area contributed by atoms with Gasteiger partial charge in [0.15, 0.2) is 0 Å². The second-order valence-electron chi connectivity index (χ2n) is 3.80. The van der Waals surface area contributed by atoms with Crippen LogP contribution in [0, 0.1) is 0 Å². The minimum Gasteiger partial charge on any atom is -0.348 e. The summed E-state index contributed by atoms with van der Waals surface area (Å²) in [7, 11) is 0. The third-order valence-electron chi connectivity index (χ3n) is 2.61. The van der Waals surface area contributed by atoms with Crippen LogP contribution in [0.15, 0.2) is 12.5 Å². The molecule has 66 valence electrons. The van der Waals surface area contributed by atoms with E-state index in [0.717, 1.165) is 0 Å². The maximum atomic E-state index is 4.07. The number of aromatic amines is 1. The van der Waals surface area contributed by atoms with Gasteiger partial charge in [0.25, 0.3) is 0 Å². The minimum atomic E-state index is 0.381. The van der Waals surface area contributed by atoms with Gasteiger partial charge in [-0.2, -0.15) is 11.8 Å². The van der Waals surface area contributed by atoms with Gasteiger partial charge in [-0.1, -0.05) is 13.8 Å². The molecule has 0 aliphatic carbocycles. The summed E-state index contributed by atoms with van der Waals surface area (Å²) < 4.78 is 0.381. The molecule has 0 aromatic carbocycles. The van der Waals surface area contributed by atoms with Gasteiger partial charge in [0.05, 0.1) is 6.33 Å². The summed E-state index contributed by atoms with van der Waals surface area (Å²) in [6.07, 6.45) is 5.01. The molecular formula is C9H14N2S. The van der Waals surface area contributed by atoms with Gasteiger partial charge in [0.1, 0.15) is 0 Å². The van der Waals surface area contributed by atoms with Gasteiger partial charge < -0.3 is 4.98 Å². The molecule has 1 aliphatic rings. The van der Waals surface area contributed by atoms with Gasteiger partial charge in [-0.3, -0.25) is 0 Å². The highest BCUT2D eigenvalue weighted by atomic mass is 32.2. The van der Waals surface area contributed by atoms with E-state index in [1.165, 1.54) is 17.9 Å². The Bertz CT molecular complexity index is 254. The topological polar surface area (TPSA) is 28.7 Å². The highest BCUT2D eigenvalue weighted by Crippen LogP contribution is 2.47. The fraction of sp³-hybridized carbons (Fsp3) is 0.667. The van der Waals surface area contributed by atoms with E-state index >= 15 is 0 Å². The quantitative estimate of drug-likeness (QED) is 0.722. The summed E-state index contributed by atoms with van der Waals surface area (Å²) in [5.41, 5.74) is 1.30. The maximum absolute atomic E-state index is 4.07. The molecule has 1 aromatic rings. The second-order valence-corrected chi connectivity index (χ2v) is 5.55. The number of imidazole rings is 1. The molecule has 1 aliphatic heterocycles. The highest BCUT2D eigenvalue weighted by Gasteiger charge is 2.36. The first kappa shape index (κ1) is 8.17. The number of hydrogen-bond donors (Lipinski definition) is 1. The normalized spacial score (nSPS) is 27.7. The number of rotatable bonds is 1. The molecular weight excluding hydrogens is 168 g/mol. The van der Waals surface area contributed by atoms with E-state index < -0.39 is 0 Å². The Labute approximate surface area is 77.2 Å². The monoisotopic (exact) mass is 182 g/mol. The van der Waals surface area contributed by atoms with Gasteiger partial charge >= 0.3 is 0 Å². The lowest BCUT2D eigenvalue weighted by atomic mass is 9.90. The van der Waals surface area contributed by atoms with Crippen LogP contribution in [0.2, 0.25) is 0 Å². The van der Waals surface area contributed by atoms with Gasteiger partial charge in [0.2, 0.25) is 0 Å². The average Bonchev–Trinajstić information content (AvgIpc) is 2.55. The van der Waals surface area contributed by atoms with Crippen molar-refractivity contribution in [2.45, 2.75) is 30.9 Å². The minimum absolute atomic E-state index is 0.381. The molecule has 1 aromatic heterocycles. The summed E-state index contributed by atoms with van der Waals surface area (Å²) in [5.74, 6) is 1.93. The zero-order valence-corrected chi connectivity index (χ0v) is 8.32. The Morgan fingerprint density at radius 3 is 3.00 bits per heavy atom. The van der Waals surface area contributed by atoms with E-state index in [2.05, 4.69) is 35.6 Å². The molecule has 2 nitrogen and oxygen atoms in total. The smallest absolute Gasteiger partial charge is 0.0921 e. The number of aromatic nitrogens is 2. The number of nitrogens with zero attached hydrogens (tertiary/aromatic N) is 1. The third-order valence-corrected chi connectivity index (χ3v) is 4.08. The Kier molecular flexibility index (Phi) is 1.91. The Balaban J connectivity index is 2.25. The number of hydrogen-bond acceptors (Lipinski definition) is 2. The molecule has 12 heavy (non-hydrogen) atoms. The summed E-state index contributed by atoms with van der Waals surface area (Å²) in [6, 6.07) is 0. The van der Waals surface area contributed by atoms with Crippen LogP contribution < -0.4 is 0 Å². The van der Waals surface area contributed by atoms with Crippen molar-refractivity contribution in [2.24, 2.45) is 0 Å². The molecule has 0 bridgehead atoms. The third kappa shape index (κ3) is 1.26. The lowest BCUT2D eigenvalue weighted by Gasteiger charge is -2.24. The molecule has 2 rings (SSSR count). The molecule has 0 saturated carbocycles. The fourth-order valence-electron chi connectivity index (χ4n) is 1.88. The van der Waals surface area contributed by atoms with Crippen LogP contribution in [0.25, 0.3) is 0 Å². The Hall–Kier alpha value is -0.440. The number of thioether (sulfide) groups is 1. The fourth-order valence-corrected chi connectivity index (χ4v) is 3.20. The van der Waals surface area contributed by atoms with E-state index in [1.807, 2.05) is 6.20 Å². The summed E-state index contributed by atoms with van der Waals surface area (Å²) in [5, 5.41) is 0. The van der Waals surface area contributed by atoms with E-state index in [1.54, 1.807) is 6.33 Å². The van der Waals surface area contributed by atoms with Gasteiger partial charge in [0, 0.05) is 22.6 Å². The molecule has 3 heteroatoms. The van der Waals surface area contributed by atoms with E-state index in [-0.39, 0.29) is 0 Å². The molecule has 0 spiro atoms. The van der Waals surface area contributed by atoms with Crippen molar-refractivity contribution < 1.29 is 0 Å². The standard InChI is InChI=1S/C9H14N2S/c1-9(2)7(3-4-12-9)8-5-10-6-11-8/h5-7H,3-4H2,1-2H3,(H,10,11). The van der Waals surface area contributed by atoms with Crippen molar-refractivity contribution in [2.75, 3.05) is 5.75 Å². The molecule has 2 heterocycles. The van der Waals surface area contributed by atoms with Crippen LogP contribution in [-0.4, -0.2) is 20.5 Å². The Morgan fingerprint density at radius 1 is 1.67 bits per heavy atom. The summed E-state index contributed by atoms with van der Waals surface area (Å²) in [4.78, 5) is 7.28. The van der Waals surface area contributed by atoms with Crippen LogP contribution in [0.4, 0.5) is 0 Å². The molecule has 1 fully saturated rings. The summed E-state index contributed by atoms with van der Waals surface area (Å²) >= 11 is 2.06. The summed E-state index contributed by atoms with van der Waals surface area (Å²) in [6.45, 7) is 4.63. The highest BCUT2D eigenvalue weighted by molar-refractivity contribution is 8.00. The SMILES string of the molecule is CC1(C)SCCC1c1cnc[nH]1. The molecule has 0 amide bonds. The largest absolute Gasteiger partial charge is 0.348 e. The van der Waals surface area contributed by atoms with Crippen molar-refractivity contribution in [3.8, 4) is 0 Å². The second kappa shape index (κ2) is 2.80. The van der Waals surface area contributed by atoms with Gasteiger partial charge in [-0.05, 0) is 12.2 Å². The van der Waals surface area contributed by atoms with Crippen LogP contribution in [0.1, 0.15) is 31.9 Å². The van der Waals surface area contributed by atoms with E-state index in [4.69, 9.17) is 0 Å². The lowest BCUT2D eigenvalue weighted by molar-refractivity contribution is 0.551. The van der Waals surface area contributed by atoms with Crippen molar-refractivity contribution in [1.29, 1.82) is 0 Å².